The van der Waals surface area contributed by atoms with Crippen molar-refractivity contribution in [1.82, 2.24) is 4.72 Å². The molecule has 5 heteroatoms. The lowest BCUT2D eigenvalue weighted by Gasteiger charge is -2.09. The molecule has 0 fully saturated rings. The lowest BCUT2D eigenvalue weighted by atomic mass is 10.1. The molecule has 0 aromatic heterocycles. The van der Waals surface area contributed by atoms with Crippen LogP contribution in [0.25, 0.3) is 0 Å². The van der Waals surface area contributed by atoms with Gasteiger partial charge in [0.15, 0.2) is 0 Å². The first kappa shape index (κ1) is 15.7. The van der Waals surface area contributed by atoms with Crippen LogP contribution in [-0.2, 0) is 23.2 Å². The molecule has 4 nitrogen and oxygen atoms in total. The van der Waals surface area contributed by atoms with Crippen LogP contribution in [0.5, 0.6) is 0 Å². The van der Waals surface area contributed by atoms with Gasteiger partial charge in [-0.25, -0.2) is 13.1 Å². The third-order valence-corrected chi connectivity index (χ3v) is 4.86. The van der Waals surface area contributed by atoms with Crippen LogP contribution in [0.2, 0.25) is 0 Å². The number of nitrogens with one attached hydrogen (secondary N) is 1. The summed E-state index contributed by atoms with van der Waals surface area (Å²) in [7, 11) is -3.51. The predicted molar refractivity (Wildman–Crippen MR) is 82.3 cm³/mol. The molecular formula is C16H19NO3S. The Morgan fingerprint density at radius 1 is 0.952 bits per heavy atom. The number of sulfonamides is 1. The highest BCUT2D eigenvalue weighted by Gasteiger charge is 2.14. The summed E-state index contributed by atoms with van der Waals surface area (Å²) in [5.41, 5.74) is 3.66. The molecule has 0 radical (unpaired) electrons. The number of benzene rings is 2. The largest absolute Gasteiger partial charge is 0.392 e. The summed E-state index contributed by atoms with van der Waals surface area (Å²) in [6.45, 7) is 4.04. The van der Waals surface area contributed by atoms with Crippen molar-refractivity contribution >= 4 is 10.0 Å². The second-order valence-corrected chi connectivity index (χ2v) is 6.81. The van der Waals surface area contributed by atoms with Gasteiger partial charge in [0.2, 0.25) is 10.0 Å². The lowest BCUT2D eigenvalue weighted by Crippen LogP contribution is -2.23. The van der Waals surface area contributed by atoms with Crippen molar-refractivity contribution in [2.24, 2.45) is 0 Å². The van der Waals surface area contributed by atoms with Crippen LogP contribution in [0.15, 0.2) is 47.4 Å². The molecule has 0 heterocycles. The van der Waals surface area contributed by atoms with E-state index >= 15 is 0 Å². The SMILES string of the molecule is Cc1ccc(S(=O)(=O)NCc2ccc(CO)cc2)cc1C. The van der Waals surface area contributed by atoms with Crippen molar-refractivity contribution in [2.45, 2.75) is 31.9 Å². The van der Waals surface area contributed by atoms with Crippen molar-refractivity contribution in [2.75, 3.05) is 0 Å². The number of aryl methyl sites for hydroxylation is 2. The molecule has 2 aromatic carbocycles. The van der Waals surface area contributed by atoms with Gasteiger partial charge in [0.05, 0.1) is 11.5 Å². The zero-order valence-electron chi connectivity index (χ0n) is 12.1. The molecule has 21 heavy (non-hydrogen) atoms. The van der Waals surface area contributed by atoms with E-state index in [4.69, 9.17) is 5.11 Å². The molecular weight excluding hydrogens is 286 g/mol. The average Bonchev–Trinajstić information content (AvgIpc) is 2.48. The molecule has 0 atom stereocenters. The Balaban J connectivity index is 2.11. The Hall–Kier alpha value is -1.69. The monoisotopic (exact) mass is 305 g/mol. The van der Waals surface area contributed by atoms with Crippen molar-refractivity contribution in [1.29, 1.82) is 0 Å². The first-order valence-corrected chi connectivity index (χ1v) is 8.16. The minimum absolute atomic E-state index is 0.0192. The fourth-order valence-electron chi connectivity index (χ4n) is 1.91. The fraction of sp³-hybridized carbons (Fsp3) is 0.250. The maximum Gasteiger partial charge on any atom is 0.240 e. The second kappa shape index (κ2) is 6.39. The van der Waals surface area contributed by atoms with E-state index in [1.807, 2.05) is 13.8 Å². The first-order chi connectivity index (χ1) is 9.92. The van der Waals surface area contributed by atoms with Crippen LogP contribution < -0.4 is 4.72 Å². The van der Waals surface area contributed by atoms with E-state index in [0.29, 0.717) is 0 Å². The summed E-state index contributed by atoms with van der Waals surface area (Å²) in [6, 6.07) is 12.2. The molecule has 112 valence electrons. The number of hydrogen-bond acceptors (Lipinski definition) is 3. The summed E-state index contributed by atoms with van der Waals surface area (Å²) >= 11 is 0. The third kappa shape index (κ3) is 3.91. The maximum atomic E-state index is 12.2. The molecule has 0 spiro atoms. The van der Waals surface area contributed by atoms with E-state index < -0.39 is 10.0 Å². The van der Waals surface area contributed by atoms with Gasteiger partial charge in [0.25, 0.3) is 0 Å². The van der Waals surface area contributed by atoms with E-state index in [9.17, 15) is 8.42 Å². The van der Waals surface area contributed by atoms with Crippen LogP contribution in [0.4, 0.5) is 0 Å². The Morgan fingerprint density at radius 3 is 2.14 bits per heavy atom. The van der Waals surface area contributed by atoms with Crippen LogP contribution >= 0.6 is 0 Å². The van der Waals surface area contributed by atoms with Gasteiger partial charge < -0.3 is 5.11 Å². The van der Waals surface area contributed by atoms with Crippen LogP contribution in [0, 0.1) is 13.8 Å². The standard InChI is InChI=1S/C16H19NO3S/c1-12-3-8-16(9-13(12)2)21(19,20)17-10-14-4-6-15(11-18)7-5-14/h3-9,17-18H,10-11H2,1-2H3. The topological polar surface area (TPSA) is 66.4 Å². The number of aliphatic hydroxyl groups excluding tert-OH is 1. The van der Waals surface area contributed by atoms with Crippen LogP contribution in [-0.4, -0.2) is 13.5 Å². The van der Waals surface area contributed by atoms with E-state index in [0.717, 1.165) is 22.3 Å². The molecule has 0 aliphatic rings. The fourth-order valence-corrected chi connectivity index (χ4v) is 3.01. The van der Waals surface area contributed by atoms with Gasteiger partial charge in [-0.2, -0.15) is 0 Å². The van der Waals surface area contributed by atoms with Crippen molar-refractivity contribution < 1.29 is 13.5 Å². The van der Waals surface area contributed by atoms with E-state index in [1.165, 1.54) is 0 Å². The molecule has 0 saturated heterocycles. The molecule has 2 rings (SSSR count). The van der Waals surface area contributed by atoms with Gasteiger partial charge in [0.1, 0.15) is 0 Å². The van der Waals surface area contributed by atoms with E-state index in [1.54, 1.807) is 42.5 Å². The smallest absolute Gasteiger partial charge is 0.240 e. The molecule has 2 N–H and O–H groups in total. The first-order valence-electron chi connectivity index (χ1n) is 6.68. The molecule has 0 aliphatic heterocycles. The average molecular weight is 305 g/mol. The third-order valence-electron chi connectivity index (χ3n) is 3.46. The van der Waals surface area contributed by atoms with Crippen LogP contribution in [0.1, 0.15) is 22.3 Å². The highest BCUT2D eigenvalue weighted by Crippen LogP contribution is 2.15. The quantitative estimate of drug-likeness (QED) is 0.890. The molecule has 0 bridgehead atoms. The Morgan fingerprint density at radius 2 is 1.57 bits per heavy atom. The summed E-state index contributed by atoms with van der Waals surface area (Å²) in [5, 5.41) is 8.97. The molecule has 0 unspecified atom stereocenters. The Kier molecular flexibility index (Phi) is 4.77. The van der Waals surface area contributed by atoms with Gasteiger partial charge in [-0.1, -0.05) is 30.3 Å². The van der Waals surface area contributed by atoms with E-state index in [2.05, 4.69) is 4.72 Å². The summed E-state index contributed by atoms with van der Waals surface area (Å²) in [5.74, 6) is 0. The summed E-state index contributed by atoms with van der Waals surface area (Å²) in [6.07, 6.45) is 0. The second-order valence-electron chi connectivity index (χ2n) is 5.05. The molecule has 0 amide bonds. The predicted octanol–water partition coefficient (Wildman–Crippen LogP) is 2.27. The highest BCUT2D eigenvalue weighted by atomic mass is 32.2. The van der Waals surface area contributed by atoms with Gasteiger partial charge >= 0.3 is 0 Å². The minimum atomic E-state index is -3.51. The van der Waals surface area contributed by atoms with Gasteiger partial charge in [0, 0.05) is 6.54 Å². The van der Waals surface area contributed by atoms with Crippen LogP contribution in [0.3, 0.4) is 0 Å². The molecule has 0 saturated carbocycles. The van der Waals surface area contributed by atoms with Crippen molar-refractivity contribution in [3.05, 3.63) is 64.7 Å². The Bertz CT molecular complexity index is 722. The normalized spacial score (nSPS) is 11.6. The zero-order chi connectivity index (χ0) is 15.5. The van der Waals surface area contributed by atoms with Gasteiger partial charge in [-0.05, 0) is 48.2 Å². The zero-order valence-corrected chi connectivity index (χ0v) is 12.9. The number of rotatable bonds is 5. The maximum absolute atomic E-state index is 12.2. The van der Waals surface area contributed by atoms with Crippen molar-refractivity contribution in [3.63, 3.8) is 0 Å². The number of aliphatic hydroxyl groups is 1. The molecule has 2 aromatic rings. The van der Waals surface area contributed by atoms with Gasteiger partial charge in [-0.3, -0.25) is 0 Å². The van der Waals surface area contributed by atoms with Gasteiger partial charge in [-0.15, -0.1) is 0 Å². The lowest BCUT2D eigenvalue weighted by molar-refractivity contribution is 0.282. The highest BCUT2D eigenvalue weighted by molar-refractivity contribution is 7.89. The number of hydrogen-bond donors (Lipinski definition) is 2. The summed E-state index contributed by atoms with van der Waals surface area (Å²) in [4.78, 5) is 0.276. The van der Waals surface area contributed by atoms with Crippen molar-refractivity contribution in [3.8, 4) is 0 Å². The van der Waals surface area contributed by atoms with E-state index in [-0.39, 0.29) is 18.0 Å². The minimum Gasteiger partial charge on any atom is -0.392 e. The Labute approximate surface area is 125 Å². The summed E-state index contributed by atoms with van der Waals surface area (Å²) < 4.78 is 27.1. The molecule has 0 aliphatic carbocycles.